The highest BCUT2D eigenvalue weighted by Gasteiger charge is 2.48. The highest BCUT2D eigenvalue weighted by molar-refractivity contribution is 5.96. The molecule has 1 aromatic carbocycles. The Morgan fingerprint density at radius 1 is 1.26 bits per heavy atom. The molecule has 8 heteroatoms. The van der Waals surface area contributed by atoms with Crippen molar-refractivity contribution in [2.45, 2.75) is 44.8 Å². The van der Waals surface area contributed by atoms with Crippen LogP contribution in [0.5, 0.6) is 0 Å². The molecule has 2 saturated carbocycles. The van der Waals surface area contributed by atoms with Gasteiger partial charge in [-0.25, -0.2) is 4.99 Å². The first-order chi connectivity index (χ1) is 13.1. The van der Waals surface area contributed by atoms with E-state index >= 15 is 0 Å². The lowest BCUT2D eigenvalue weighted by atomic mass is 10.0. The summed E-state index contributed by atoms with van der Waals surface area (Å²) in [6.45, 7) is 0.922. The maximum absolute atomic E-state index is 13.3. The summed E-state index contributed by atoms with van der Waals surface area (Å²) in [6, 6.07) is 7.78. The molecule has 1 amide bonds. The molecule has 0 bridgehead atoms. The van der Waals surface area contributed by atoms with Crippen molar-refractivity contribution >= 4 is 11.9 Å². The molecule has 4 rings (SSSR count). The number of ether oxygens (including phenoxy) is 1. The van der Waals surface area contributed by atoms with Crippen molar-refractivity contribution in [3.63, 3.8) is 0 Å². The van der Waals surface area contributed by atoms with Crippen LogP contribution in [-0.2, 0) is 27.4 Å². The van der Waals surface area contributed by atoms with E-state index in [0.29, 0.717) is 36.6 Å². The minimum absolute atomic E-state index is 0.0620. The number of carbonyl (C=O) groups is 1. The summed E-state index contributed by atoms with van der Waals surface area (Å²) in [5.41, 5.74) is 1.38. The Balaban J connectivity index is 1.55. The Labute approximate surface area is 157 Å². The topological polar surface area (TPSA) is 94.3 Å². The van der Waals surface area contributed by atoms with Gasteiger partial charge in [-0.1, -0.05) is 24.3 Å². The molecule has 0 radical (unpaired) electrons. The smallest absolute Gasteiger partial charge is 0.294 e. The van der Waals surface area contributed by atoms with Crippen LogP contribution in [0.15, 0.2) is 29.3 Å². The van der Waals surface area contributed by atoms with E-state index in [-0.39, 0.29) is 25.0 Å². The number of aliphatic imine (C=N–C) groups is 1. The first kappa shape index (κ1) is 17.8. The van der Waals surface area contributed by atoms with Crippen LogP contribution in [0.1, 0.15) is 36.8 Å². The highest BCUT2D eigenvalue weighted by Crippen LogP contribution is 2.47. The SMILES string of the molecule is O=C(Cc1ccccc1CO[N+](=O)[O-])N(C1=NCCO1)C(C1CC1)C1CC1. The van der Waals surface area contributed by atoms with Gasteiger partial charge in [0.2, 0.25) is 5.91 Å². The van der Waals surface area contributed by atoms with Crippen LogP contribution in [0.25, 0.3) is 0 Å². The molecule has 0 N–H and O–H groups in total. The molecule has 2 fully saturated rings. The summed E-state index contributed by atoms with van der Waals surface area (Å²) >= 11 is 0. The lowest BCUT2D eigenvalue weighted by molar-refractivity contribution is -0.763. The molecular weight excluding hydrogens is 350 g/mol. The van der Waals surface area contributed by atoms with Gasteiger partial charge in [0, 0.05) is 6.04 Å². The molecule has 27 heavy (non-hydrogen) atoms. The molecule has 1 aromatic rings. The fourth-order valence-corrected chi connectivity index (χ4v) is 3.79. The summed E-state index contributed by atoms with van der Waals surface area (Å²) in [5.74, 6) is 0.996. The van der Waals surface area contributed by atoms with Gasteiger partial charge in [-0.15, -0.1) is 10.1 Å². The first-order valence-corrected chi connectivity index (χ1v) is 9.47. The van der Waals surface area contributed by atoms with Crippen LogP contribution in [0.3, 0.4) is 0 Å². The van der Waals surface area contributed by atoms with E-state index in [1.54, 1.807) is 17.0 Å². The van der Waals surface area contributed by atoms with E-state index in [1.165, 1.54) is 0 Å². The van der Waals surface area contributed by atoms with Gasteiger partial charge in [0.05, 0.1) is 13.0 Å². The summed E-state index contributed by atoms with van der Waals surface area (Å²) in [6.07, 6.45) is 4.73. The molecule has 0 saturated heterocycles. The van der Waals surface area contributed by atoms with Gasteiger partial charge in [-0.3, -0.25) is 9.69 Å². The van der Waals surface area contributed by atoms with E-state index in [2.05, 4.69) is 9.83 Å². The van der Waals surface area contributed by atoms with Crippen molar-refractivity contribution in [1.29, 1.82) is 0 Å². The minimum atomic E-state index is -0.817. The number of hydrogen-bond donors (Lipinski definition) is 0. The van der Waals surface area contributed by atoms with Crippen LogP contribution in [-0.4, -0.2) is 41.1 Å². The second kappa shape index (κ2) is 7.54. The molecule has 2 aliphatic carbocycles. The fraction of sp³-hybridized carbons (Fsp3) is 0.579. The lowest BCUT2D eigenvalue weighted by Crippen LogP contribution is -2.48. The monoisotopic (exact) mass is 373 g/mol. The van der Waals surface area contributed by atoms with Gasteiger partial charge in [0.25, 0.3) is 11.1 Å². The Bertz CT molecular complexity index is 745. The van der Waals surface area contributed by atoms with Crippen molar-refractivity contribution < 1.29 is 19.5 Å². The number of hydrogen-bond acceptors (Lipinski definition) is 6. The van der Waals surface area contributed by atoms with E-state index in [1.807, 2.05) is 12.1 Å². The van der Waals surface area contributed by atoms with Crippen molar-refractivity contribution in [3.8, 4) is 0 Å². The van der Waals surface area contributed by atoms with Gasteiger partial charge in [-0.2, -0.15) is 0 Å². The van der Waals surface area contributed by atoms with Crippen LogP contribution in [0.4, 0.5) is 0 Å². The first-order valence-electron chi connectivity index (χ1n) is 9.47. The van der Waals surface area contributed by atoms with Crippen LogP contribution in [0.2, 0.25) is 0 Å². The highest BCUT2D eigenvalue weighted by atomic mass is 16.9. The van der Waals surface area contributed by atoms with Crippen LogP contribution < -0.4 is 0 Å². The van der Waals surface area contributed by atoms with E-state index < -0.39 is 5.09 Å². The van der Waals surface area contributed by atoms with Gasteiger partial charge in [0.15, 0.2) is 0 Å². The molecule has 0 aromatic heterocycles. The Kier molecular flexibility index (Phi) is 4.96. The van der Waals surface area contributed by atoms with Gasteiger partial charge in [-0.05, 0) is 48.6 Å². The van der Waals surface area contributed by atoms with Crippen LogP contribution in [0, 0.1) is 22.0 Å². The zero-order chi connectivity index (χ0) is 18.8. The average molecular weight is 373 g/mol. The number of amidine groups is 1. The van der Waals surface area contributed by atoms with Crippen molar-refractivity contribution in [3.05, 3.63) is 45.5 Å². The number of amides is 1. The summed E-state index contributed by atoms with van der Waals surface area (Å²) < 4.78 is 5.66. The molecule has 0 atom stereocenters. The second-order valence-corrected chi connectivity index (χ2v) is 7.38. The standard InChI is InChI=1S/C19H23N3O5/c23-17(11-15-3-1-2-4-16(15)12-27-22(24)25)21(19-20-9-10-26-19)18(13-5-6-13)14-7-8-14/h1-4,13-14,18H,5-12H2. The third-order valence-corrected chi connectivity index (χ3v) is 5.34. The van der Waals surface area contributed by atoms with Crippen molar-refractivity contribution in [2.75, 3.05) is 13.2 Å². The summed E-state index contributed by atoms with van der Waals surface area (Å²) in [5, 5.41) is 9.70. The van der Waals surface area contributed by atoms with Gasteiger partial charge in [0.1, 0.15) is 13.2 Å². The van der Waals surface area contributed by atoms with E-state index in [4.69, 9.17) is 4.74 Å². The molecule has 1 heterocycles. The van der Waals surface area contributed by atoms with E-state index in [9.17, 15) is 14.9 Å². The maximum Gasteiger partial charge on any atom is 0.294 e. The number of rotatable bonds is 8. The quantitative estimate of drug-likeness (QED) is 0.515. The minimum Gasteiger partial charge on any atom is -0.463 e. The van der Waals surface area contributed by atoms with Crippen LogP contribution >= 0.6 is 0 Å². The molecular formula is C19H23N3O5. The Hall–Kier alpha value is -2.64. The number of carbonyl (C=O) groups excluding carboxylic acids is 1. The Morgan fingerprint density at radius 2 is 1.93 bits per heavy atom. The second-order valence-electron chi connectivity index (χ2n) is 7.38. The molecule has 144 valence electrons. The summed E-state index contributed by atoms with van der Waals surface area (Å²) in [4.78, 5) is 34.5. The van der Waals surface area contributed by atoms with E-state index in [0.717, 1.165) is 31.2 Å². The Morgan fingerprint density at radius 3 is 2.48 bits per heavy atom. The third-order valence-electron chi connectivity index (χ3n) is 5.34. The molecule has 3 aliphatic rings. The maximum atomic E-state index is 13.3. The molecule has 0 spiro atoms. The zero-order valence-corrected chi connectivity index (χ0v) is 15.1. The molecule has 8 nitrogen and oxygen atoms in total. The average Bonchev–Trinajstić information content (AvgIpc) is 3.59. The fourth-order valence-electron chi connectivity index (χ4n) is 3.79. The number of nitrogens with zero attached hydrogens (tertiary/aromatic N) is 3. The predicted octanol–water partition coefficient (Wildman–Crippen LogP) is 2.34. The third kappa shape index (κ3) is 4.20. The predicted molar refractivity (Wildman–Crippen MR) is 96.3 cm³/mol. The summed E-state index contributed by atoms with van der Waals surface area (Å²) in [7, 11) is 0. The normalized spacial score (nSPS) is 18.8. The number of benzene rings is 1. The zero-order valence-electron chi connectivity index (χ0n) is 15.1. The lowest BCUT2D eigenvalue weighted by Gasteiger charge is -2.31. The largest absolute Gasteiger partial charge is 0.463 e. The van der Waals surface area contributed by atoms with Gasteiger partial charge >= 0.3 is 0 Å². The molecule has 0 unspecified atom stereocenters. The molecule has 1 aliphatic heterocycles. The van der Waals surface area contributed by atoms with Crippen molar-refractivity contribution in [2.24, 2.45) is 16.8 Å². The van der Waals surface area contributed by atoms with Crippen molar-refractivity contribution in [1.82, 2.24) is 4.90 Å². The van der Waals surface area contributed by atoms with Gasteiger partial charge < -0.3 is 9.57 Å².